The molecular weight excluding hydrogens is 1180 g/mol. The molecule has 0 radical (unpaired) electrons. The first-order chi connectivity index (χ1) is 42.5. The van der Waals surface area contributed by atoms with Gasteiger partial charge in [0.15, 0.2) is 19.7 Å². The zero-order valence-electron chi connectivity index (χ0n) is 47.8. The van der Waals surface area contributed by atoms with Crippen LogP contribution in [0.2, 0.25) is 0 Å². The highest BCUT2D eigenvalue weighted by Gasteiger charge is 2.29. The van der Waals surface area contributed by atoms with Gasteiger partial charge in [0.1, 0.15) is 36.9 Å². The molecule has 2 fully saturated rings. The van der Waals surface area contributed by atoms with Crippen LogP contribution in [0.3, 0.4) is 0 Å². The first-order valence-corrected chi connectivity index (χ1v) is 32.0. The van der Waals surface area contributed by atoms with E-state index in [2.05, 4.69) is 21.8 Å². The van der Waals surface area contributed by atoms with Crippen molar-refractivity contribution in [3.8, 4) is 11.5 Å². The fourth-order valence-corrected chi connectivity index (χ4v) is 13.7. The number of carbonyl (C=O) groups excluding carboxylic acids is 2. The average Bonchev–Trinajstić information content (AvgIpc) is 1.51. The molecule has 9 aromatic rings. The highest BCUT2D eigenvalue weighted by Crippen LogP contribution is 2.34. The van der Waals surface area contributed by atoms with Crippen LogP contribution in [0.25, 0.3) is 21.5 Å². The van der Waals surface area contributed by atoms with Gasteiger partial charge in [0.2, 0.25) is 0 Å². The van der Waals surface area contributed by atoms with Gasteiger partial charge in [-0.3, -0.25) is 25.1 Å². The van der Waals surface area contributed by atoms with Gasteiger partial charge in [-0.1, -0.05) is 164 Å². The van der Waals surface area contributed by atoms with Gasteiger partial charge >= 0.3 is 11.5 Å². The van der Waals surface area contributed by atoms with Crippen LogP contribution in [-0.4, -0.2) is 86.4 Å². The number of amides is 1. The van der Waals surface area contributed by atoms with Crippen LogP contribution in [0.4, 0.5) is 21.0 Å². The number of hydrogen-bond donors (Lipinski definition) is 0. The lowest BCUT2D eigenvalue weighted by atomic mass is 10.1. The van der Waals surface area contributed by atoms with Crippen LogP contribution >= 0.6 is 11.6 Å². The number of nitrogens with zero attached hydrogens (tertiary/aromatic N) is 4. The summed E-state index contributed by atoms with van der Waals surface area (Å²) in [6.45, 7) is 3.97. The number of rotatable bonds is 18. The first-order valence-electron chi connectivity index (χ1n) is 28.3. The highest BCUT2D eigenvalue weighted by atomic mass is 35.5. The van der Waals surface area contributed by atoms with Gasteiger partial charge in [-0.2, -0.15) is 0 Å². The maximum Gasteiger partial charge on any atom is 0.410 e. The second kappa shape index (κ2) is 29.9. The molecule has 1 amide bonds. The summed E-state index contributed by atoms with van der Waals surface area (Å²) in [5, 5.41) is 26.2. The summed E-state index contributed by atoms with van der Waals surface area (Å²) in [6, 6.07) is 62.1. The van der Waals surface area contributed by atoms with E-state index in [0.29, 0.717) is 48.2 Å². The van der Waals surface area contributed by atoms with Crippen molar-refractivity contribution < 1.29 is 55.2 Å². The minimum atomic E-state index is -3.91. The maximum absolute atomic E-state index is 13.4. The average molecular weight is 1250 g/mol. The Morgan fingerprint density at radius 1 is 0.477 bits per heavy atom. The fraction of sp³-hybridized carbons (Fsp3) is 0.224. The third-order valence-electron chi connectivity index (χ3n) is 14.8. The van der Waals surface area contributed by atoms with Crippen molar-refractivity contribution >= 4 is 75.7 Å². The van der Waals surface area contributed by atoms with Crippen molar-refractivity contribution in [2.24, 2.45) is 0 Å². The molecule has 0 bridgehead atoms. The van der Waals surface area contributed by atoms with E-state index in [1.54, 1.807) is 53.4 Å². The number of benzene rings is 9. The first kappa shape index (κ1) is 63.3. The second-order valence-electron chi connectivity index (χ2n) is 21.0. The smallest absolute Gasteiger partial charge is 0.410 e. The number of nitro benzene ring substituents is 2. The van der Waals surface area contributed by atoms with Gasteiger partial charge in [0, 0.05) is 91.2 Å². The molecule has 0 N–H and O–H groups in total. The number of carbonyl (C=O) groups is 2. The molecule has 454 valence electrons. The number of sulfone groups is 2. The Kier molecular flexibility index (Phi) is 21.5. The predicted octanol–water partition coefficient (Wildman–Crippen LogP) is 14.2. The molecule has 0 aromatic heterocycles. The second-order valence-corrected chi connectivity index (χ2v) is 25.2. The normalized spacial score (nSPS) is 13.9. The van der Waals surface area contributed by atoms with Crippen molar-refractivity contribution in [1.82, 2.24) is 9.80 Å². The summed E-state index contributed by atoms with van der Waals surface area (Å²) in [6.07, 6.45) is 2.08. The van der Waals surface area contributed by atoms with Crippen LogP contribution in [-0.2, 0) is 60.4 Å². The van der Waals surface area contributed by atoms with E-state index in [1.807, 2.05) is 115 Å². The number of ether oxygens (including phenoxy) is 4. The number of fused-ring (bicyclic) bond motifs is 2. The van der Waals surface area contributed by atoms with Crippen LogP contribution in [0.5, 0.6) is 11.5 Å². The lowest BCUT2D eigenvalue weighted by Crippen LogP contribution is -2.42. The Labute approximate surface area is 514 Å². The Bertz CT molecular complexity index is 4100. The molecule has 0 saturated carbocycles. The molecule has 88 heavy (non-hydrogen) atoms. The Hall–Kier alpha value is -9.21. The topological polar surface area (TPSA) is 232 Å². The van der Waals surface area contributed by atoms with Gasteiger partial charge in [-0.15, -0.1) is 0 Å². The SMILES string of the molecule is O=C(Cl)OCc1ccccc1.O=C(OCc1ccccc1)N1CCC(Oc2ccc([N+](=O)[O-])c(CS(=O)(=O)c3cccc4ccccc34)c2)CC1.O=[N+]([O-])c1ccc(OC2CCN(Cc3ccccc3)CC2)cc1CS(=O)(=O)c1cccc2ccccc12. The van der Waals surface area contributed by atoms with E-state index in [4.69, 9.17) is 25.8 Å². The van der Waals surface area contributed by atoms with Crippen LogP contribution in [0, 0.1) is 20.2 Å². The molecule has 9 aromatic carbocycles. The van der Waals surface area contributed by atoms with Gasteiger partial charge in [-0.05, 0) is 76.7 Å². The molecule has 0 unspecified atom stereocenters. The van der Waals surface area contributed by atoms with E-state index < -0.39 is 52.5 Å². The summed E-state index contributed by atoms with van der Waals surface area (Å²) in [5.74, 6) is -0.224. The van der Waals surface area contributed by atoms with Gasteiger partial charge in [0.05, 0.1) is 31.1 Å². The van der Waals surface area contributed by atoms with Crippen molar-refractivity contribution in [3.05, 3.63) is 260 Å². The molecule has 0 atom stereocenters. The van der Waals surface area contributed by atoms with E-state index in [-0.39, 0.29) is 57.7 Å². The van der Waals surface area contributed by atoms with Gasteiger partial charge in [-0.25, -0.2) is 26.4 Å². The summed E-state index contributed by atoms with van der Waals surface area (Å²) in [4.78, 5) is 49.2. The standard InChI is InChI=1S/C30H28N2O7S.C29H28N2O5S.C8H7ClO2/c33-30(38-20-22-7-2-1-3-8-22)31-17-15-25(16-18-31)39-26-13-14-28(32(34)35)24(19-26)21-40(36,37)29-12-6-10-23-9-4-5-11-27(23)29;32-31(33)28-14-13-26(36-25-15-17-30(18-16-25)20-22-7-2-1-3-8-22)19-24(28)21-37(34,35)29-12-6-10-23-9-4-5-11-27(23)29;9-8(10)11-6-7-4-2-1-3-5-7/h1-14,19,25H,15-18,20-21H2;1-14,19,25H,15-18,20-21H2;1-5H,6H2. The molecule has 2 saturated heterocycles. The third kappa shape index (κ3) is 17.5. The van der Waals surface area contributed by atoms with Crippen molar-refractivity contribution in [1.29, 1.82) is 0 Å². The predicted molar refractivity (Wildman–Crippen MR) is 336 cm³/mol. The molecule has 0 aliphatic carbocycles. The Morgan fingerprint density at radius 2 is 0.864 bits per heavy atom. The molecule has 2 aliphatic heterocycles. The van der Waals surface area contributed by atoms with Crippen LogP contribution in [0.1, 0.15) is 53.5 Å². The summed E-state index contributed by atoms with van der Waals surface area (Å²) < 4.78 is 75.9. The van der Waals surface area contributed by atoms with Crippen LogP contribution in [0.15, 0.2) is 222 Å². The van der Waals surface area contributed by atoms with Gasteiger partial charge in [0.25, 0.3) is 11.4 Å². The lowest BCUT2D eigenvalue weighted by molar-refractivity contribution is -0.385. The Morgan fingerprint density at radius 3 is 1.30 bits per heavy atom. The van der Waals surface area contributed by atoms with E-state index >= 15 is 0 Å². The summed E-state index contributed by atoms with van der Waals surface area (Å²) in [7, 11) is -7.76. The number of hydrogen-bond acceptors (Lipinski definition) is 15. The maximum atomic E-state index is 13.4. The zero-order valence-corrected chi connectivity index (χ0v) is 50.1. The fourth-order valence-electron chi connectivity index (χ4n) is 10.4. The minimum absolute atomic E-state index is 0.0315. The monoisotopic (exact) mass is 1250 g/mol. The number of likely N-dealkylation sites (tertiary alicyclic amines) is 2. The molecule has 21 heteroatoms. The van der Waals surface area contributed by atoms with Crippen LogP contribution < -0.4 is 9.47 Å². The molecule has 11 rings (SSSR count). The molecule has 2 heterocycles. The Balaban J connectivity index is 0.000000179. The zero-order chi connectivity index (χ0) is 62.0. The summed E-state index contributed by atoms with van der Waals surface area (Å²) >= 11 is 4.97. The molecule has 0 spiro atoms. The summed E-state index contributed by atoms with van der Waals surface area (Å²) in [5.41, 5.74) is 2.01. The highest BCUT2D eigenvalue weighted by molar-refractivity contribution is 7.91. The number of nitro groups is 2. The quantitative estimate of drug-likeness (QED) is 0.0441. The van der Waals surface area contributed by atoms with Crippen molar-refractivity contribution in [3.63, 3.8) is 0 Å². The number of halogens is 1. The molecular formula is C67H63ClN4O14S2. The lowest BCUT2D eigenvalue weighted by Gasteiger charge is -2.32. The van der Waals surface area contributed by atoms with E-state index in [0.717, 1.165) is 54.4 Å². The van der Waals surface area contributed by atoms with Crippen molar-refractivity contribution in [2.75, 3.05) is 26.2 Å². The minimum Gasteiger partial charge on any atom is -0.490 e. The number of piperidine rings is 2. The third-order valence-corrected chi connectivity index (χ3v) is 18.4. The largest absolute Gasteiger partial charge is 0.490 e. The van der Waals surface area contributed by atoms with Crippen molar-refractivity contribution in [2.45, 2.75) is 78.9 Å². The molecule has 18 nitrogen and oxygen atoms in total. The van der Waals surface area contributed by atoms with E-state index in [9.17, 15) is 46.7 Å². The van der Waals surface area contributed by atoms with E-state index in [1.165, 1.54) is 42.0 Å². The molecule has 2 aliphatic rings. The van der Waals surface area contributed by atoms with Gasteiger partial charge < -0.3 is 23.8 Å².